The largest absolute Gasteiger partial charge is 0.606 e. The van der Waals surface area contributed by atoms with Crippen LogP contribution < -0.4 is 0 Å². The van der Waals surface area contributed by atoms with E-state index in [1.165, 1.54) is 0 Å². The molecule has 1 nitrogen and oxygen atoms in total. The van der Waals surface area contributed by atoms with Crippen molar-refractivity contribution >= 4 is 40.7 Å². The Hall–Kier alpha value is -0.250. The van der Waals surface area contributed by atoms with Crippen LogP contribution in [0.4, 0.5) is 0 Å². The summed E-state index contributed by atoms with van der Waals surface area (Å²) >= 11 is -1.05. The maximum Gasteiger partial charge on any atom is 0.158 e. The van der Waals surface area contributed by atoms with Gasteiger partial charge in [0, 0.05) is 40.7 Å². The first-order valence-corrected chi connectivity index (χ1v) is 5.55. The third-order valence-electron chi connectivity index (χ3n) is 1.91. The molecule has 0 saturated heterocycles. The summed E-state index contributed by atoms with van der Waals surface area (Å²) in [7, 11) is 0. The topological polar surface area (TPSA) is 23.1 Å². The number of rotatable bonds is 2. The number of hydrogen-bond acceptors (Lipinski definition) is 1. The van der Waals surface area contributed by atoms with Crippen LogP contribution in [0.3, 0.4) is 0 Å². The molecule has 0 spiro atoms. The maximum atomic E-state index is 12.0. The first-order valence-electron chi connectivity index (χ1n) is 4.40. The number of hydrogen-bond donors (Lipinski definition) is 0. The molecule has 0 bridgehead atoms. The van der Waals surface area contributed by atoms with Crippen LogP contribution >= 0.6 is 0 Å². The van der Waals surface area contributed by atoms with Crippen LogP contribution in [0, 0.1) is 0 Å². The fourth-order valence-corrected chi connectivity index (χ4v) is 2.31. The molecule has 1 radical (unpaired) electrons. The van der Waals surface area contributed by atoms with E-state index in [9.17, 15) is 4.55 Å². The molecule has 0 aromatic heterocycles. The first kappa shape index (κ1) is 12.8. The van der Waals surface area contributed by atoms with Crippen molar-refractivity contribution in [3.8, 4) is 0 Å². The molecule has 15 heavy (non-hydrogen) atoms. The molecule has 3 heteroatoms. The quantitative estimate of drug-likeness (QED) is 0.568. The predicted octanol–water partition coefficient (Wildman–Crippen LogP) is 2.47. The molecule has 0 aliphatic heterocycles. The Balaban J connectivity index is 0.00000112. The van der Waals surface area contributed by atoms with E-state index in [2.05, 4.69) is 0 Å². The van der Waals surface area contributed by atoms with Gasteiger partial charge in [-0.15, -0.1) is 0 Å². The molecular weight excluding hydrogens is 215 g/mol. The van der Waals surface area contributed by atoms with Gasteiger partial charge in [0.2, 0.25) is 0 Å². The Morgan fingerprint density at radius 1 is 0.667 bits per heavy atom. The third kappa shape index (κ3) is 3.37. The van der Waals surface area contributed by atoms with E-state index in [1.54, 1.807) is 0 Å². The second kappa shape index (κ2) is 6.36. The van der Waals surface area contributed by atoms with E-state index in [4.69, 9.17) is 0 Å². The second-order valence-corrected chi connectivity index (χ2v) is 4.38. The van der Waals surface area contributed by atoms with Crippen LogP contribution in [-0.4, -0.2) is 34.1 Å². The maximum absolute atomic E-state index is 12.0. The van der Waals surface area contributed by atoms with E-state index >= 15 is 0 Å². The van der Waals surface area contributed by atoms with Gasteiger partial charge in [0.15, 0.2) is 9.79 Å². The molecule has 0 heterocycles. The van der Waals surface area contributed by atoms with Crippen molar-refractivity contribution in [3.05, 3.63) is 60.7 Å². The van der Waals surface area contributed by atoms with Gasteiger partial charge in [0.1, 0.15) is 0 Å². The molecular formula is C12H10NaOS. The molecule has 0 aliphatic rings. The zero-order valence-corrected chi connectivity index (χ0v) is 11.4. The normalized spacial score (nSPS) is 9.73. The Bertz CT molecular complexity index is 351. The van der Waals surface area contributed by atoms with Gasteiger partial charge in [-0.2, -0.15) is 0 Å². The van der Waals surface area contributed by atoms with Crippen molar-refractivity contribution < 1.29 is 4.55 Å². The van der Waals surface area contributed by atoms with Gasteiger partial charge in [0.25, 0.3) is 0 Å². The van der Waals surface area contributed by atoms with Crippen LogP contribution in [0.1, 0.15) is 0 Å². The van der Waals surface area contributed by atoms with Crippen LogP contribution in [0.25, 0.3) is 0 Å². The predicted molar refractivity (Wildman–Crippen MR) is 63.3 cm³/mol. The molecule has 0 atom stereocenters. The summed E-state index contributed by atoms with van der Waals surface area (Å²) in [6, 6.07) is 19.0. The molecule has 0 aliphatic carbocycles. The van der Waals surface area contributed by atoms with E-state index in [1.807, 2.05) is 60.7 Å². The van der Waals surface area contributed by atoms with Gasteiger partial charge in [-0.05, 0) is 24.3 Å². The zero-order chi connectivity index (χ0) is 9.80. The summed E-state index contributed by atoms with van der Waals surface area (Å²) < 4.78 is 12.0. The third-order valence-corrected chi connectivity index (χ3v) is 3.32. The molecule has 0 amide bonds. The SMILES string of the molecule is [Na].[O-][S+](c1ccccc1)c1ccccc1. The standard InChI is InChI=1S/C12H10OS.Na/c13-14(11-7-3-1-4-8-11)12-9-5-2-6-10-12;/h1-10H;. The fourth-order valence-electron chi connectivity index (χ4n) is 1.22. The summed E-state index contributed by atoms with van der Waals surface area (Å²) in [4.78, 5) is 1.69. The second-order valence-electron chi connectivity index (χ2n) is 2.89. The van der Waals surface area contributed by atoms with Gasteiger partial charge >= 0.3 is 0 Å². The van der Waals surface area contributed by atoms with Crippen molar-refractivity contribution in [2.24, 2.45) is 0 Å². The molecule has 0 saturated carbocycles. The average molecular weight is 225 g/mol. The van der Waals surface area contributed by atoms with Gasteiger partial charge < -0.3 is 4.55 Å². The van der Waals surface area contributed by atoms with E-state index in [-0.39, 0.29) is 29.6 Å². The van der Waals surface area contributed by atoms with E-state index in [0.29, 0.717) is 0 Å². The Labute approximate surface area is 115 Å². The molecule has 71 valence electrons. The van der Waals surface area contributed by atoms with Crippen LogP contribution in [0.2, 0.25) is 0 Å². The van der Waals surface area contributed by atoms with Crippen LogP contribution in [-0.2, 0) is 11.2 Å². The average Bonchev–Trinajstić information content (AvgIpc) is 2.30. The monoisotopic (exact) mass is 225 g/mol. The van der Waals surface area contributed by atoms with Gasteiger partial charge in [-0.1, -0.05) is 36.4 Å². The van der Waals surface area contributed by atoms with Crippen molar-refractivity contribution in [2.75, 3.05) is 0 Å². The minimum atomic E-state index is -1.05. The van der Waals surface area contributed by atoms with Crippen LogP contribution in [0.5, 0.6) is 0 Å². The minimum absolute atomic E-state index is 0. The smallest absolute Gasteiger partial charge is 0.158 e. The van der Waals surface area contributed by atoms with E-state index < -0.39 is 11.2 Å². The Kier molecular flexibility index (Phi) is 5.43. The van der Waals surface area contributed by atoms with Crippen molar-refractivity contribution in [2.45, 2.75) is 9.79 Å². The summed E-state index contributed by atoms with van der Waals surface area (Å²) in [6.07, 6.45) is 0. The van der Waals surface area contributed by atoms with Gasteiger partial charge in [-0.25, -0.2) is 0 Å². The van der Waals surface area contributed by atoms with Gasteiger partial charge in [0.05, 0.1) is 0 Å². The summed E-state index contributed by atoms with van der Waals surface area (Å²) in [6.45, 7) is 0. The van der Waals surface area contributed by atoms with Crippen molar-refractivity contribution in [1.29, 1.82) is 0 Å². The summed E-state index contributed by atoms with van der Waals surface area (Å²) in [5.41, 5.74) is 0. The zero-order valence-electron chi connectivity index (χ0n) is 8.59. The molecule has 2 rings (SSSR count). The Morgan fingerprint density at radius 3 is 1.33 bits per heavy atom. The molecule has 0 unspecified atom stereocenters. The van der Waals surface area contributed by atoms with Crippen molar-refractivity contribution in [3.63, 3.8) is 0 Å². The fraction of sp³-hybridized carbons (Fsp3) is 0. The van der Waals surface area contributed by atoms with E-state index in [0.717, 1.165) is 9.79 Å². The summed E-state index contributed by atoms with van der Waals surface area (Å²) in [5.74, 6) is 0. The number of benzene rings is 2. The van der Waals surface area contributed by atoms with Crippen molar-refractivity contribution in [1.82, 2.24) is 0 Å². The first-order chi connectivity index (χ1) is 6.88. The summed E-state index contributed by atoms with van der Waals surface area (Å²) in [5, 5.41) is 0. The molecule has 0 N–H and O–H groups in total. The molecule has 0 fully saturated rings. The molecule has 2 aromatic rings. The molecule has 2 aromatic carbocycles. The Morgan fingerprint density at radius 2 is 1.00 bits per heavy atom. The van der Waals surface area contributed by atoms with Crippen LogP contribution in [0.15, 0.2) is 70.5 Å². The minimum Gasteiger partial charge on any atom is -0.606 e. The van der Waals surface area contributed by atoms with Gasteiger partial charge in [-0.3, -0.25) is 0 Å².